The fourth-order valence-corrected chi connectivity index (χ4v) is 2.82. The normalized spacial score (nSPS) is 12.8. The summed E-state index contributed by atoms with van der Waals surface area (Å²) in [5, 5.41) is 12.4. The lowest BCUT2D eigenvalue weighted by atomic mass is 9.97. The molecule has 0 aliphatic carbocycles. The van der Waals surface area contributed by atoms with E-state index in [1.165, 1.54) is 12.1 Å². The maximum Gasteiger partial charge on any atom is 0.416 e. The van der Waals surface area contributed by atoms with E-state index in [1.54, 1.807) is 18.2 Å². The minimum atomic E-state index is -4.43. The predicted octanol–water partition coefficient (Wildman–Crippen LogP) is 5.33. The largest absolute Gasteiger partial charge is 0.481 e. The number of ether oxygens (including phenoxy) is 1. The van der Waals surface area contributed by atoms with E-state index >= 15 is 0 Å². The van der Waals surface area contributed by atoms with Crippen molar-refractivity contribution in [2.75, 3.05) is 6.54 Å². The van der Waals surface area contributed by atoms with Gasteiger partial charge in [0.05, 0.1) is 11.5 Å². The minimum absolute atomic E-state index is 0.0998. The van der Waals surface area contributed by atoms with Crippen molar-refractivity contribution in [1.29, 1.82) is 0 Å². The molecule has 2 aromatic carbocycles. The van der Waals surface area contributed by atoms with Crippen molar-refractivity contribution in [3.8, 4) is 11.5 Å². The minimum Gasteiger partial charge on any atom is -0.481 e. The molecule has 0 radical (unpaired) electrons. The van der Waals surface area contributed by atoms with Crippen molar-refractivity contribution < 1.29 is 27.8 Å². The first-order chi connectivity index (χ1) is 13.1. The highest BCUT2D eigenvalue weighted by molar-refractivity contribution is 5.70. The summed E-state index contributed by atoms with van der Waals surface area (Å²) in [6.45, 7) is 4.73. The van der Waals surface area contributed by atoms with Crippen molar-refractivity contribution in [2.45, 2.75) is 33.0 Å². The zero-order valence-corrected chi connectivity index (χ0v) is 15.8. The Labute approximate surface area is 162 Å². The monoisotopic (exact) mass is 395 g/mol. The molecule has 0 saturated heterocycles. The zero-order chi connectivity index (χ0) is 20.7. The number of benzene rings is 2. The van der Waals surface area contributed by atoms with E-state index in [2.05, 4.69) is 5.32 Å². The van der Waals surface area contributed by atoms with Crippen LogP contribution in [0, 0.1) is 11.8 Å². The highest BCUT2D eigenvalue weighted by Gasteiger charge is 2.30. The number of carboxylic acids is 1. The van der Waals surface area contributed by atoms with Crippen LogP contribution < -0.4 is 10.1 Å². The third-order valence-corrected chi connectivity index (χ3v) is 4.12. The fraction of sp³-hybridized carbons (Fsp3) is 0.381. The zero-order valence-electron chi connectivity index (χ0n) is 15.8. The molecular weight excluding hydrogens is 371 g/mol. The van der Waals surface area contributed by atoms with Crippen LogP contribution >= 0.6 is 0 Å². The number of nitrogens with one attached hydrogen (secondary N) is 1. The fourth-order valence-electron chi connectivity index (χ4n) is 2.82. The second-order valence-corrected chi connectivity index (χ2v) is 7.07. The Balaban J connectivity index is 1.98. The molecule has 4 nitrogen and oxygen atoms in total. The van der Waals surface area contributed by atoms with E-state index in [0.717, 1.165) is 17.7 Å². The lowest BCUT2D eigenvalue weighted by Gasteiger charge is -2.15. The van der Waals surface area contributed by atoms with Gasteiger partial charge in [-0.05, 0) is 48.2 Å². The standard InChI is InChI=1S/C21H24F3NO3/c1-14(2)9-16(20(26)27)13-25-12-15-5-3-7-18(10-15)28-19-8-4-6-17(11-19)21(22,23)24/h3-8,10-11,14,16,25H,9,12-13H2,1-2H3,(H,26,27). The molecule has 0 aliphatic heterocycles. The topological polar surface area (TPSA) is 58.6 Å². The van der Waals surface area contributed by atoms with Gasteiger partial charge in [0, 0.05) is 13.1 Å². The Bertz CT molecular complexity index is 790. The number of alkyl halides is 3. The predicted molar refractivity (Wildman–Crippen MR) is 100 cm³/mol. The molecule has 1 unspecified atom stereocenters. The summed E-state index contributed by atoms with van der Waals surface area (Å²) in [7, 11) is 0. The molecule has 2 rings (SSSR count). The van der Waals surface area contributed by atoms with Crippen LogP contribution in [-0.4, -0.2) is 17.6 Å². The van der Waals surface area contributed by atoms with Crippen molar-refractivity contribution >= 4 is 5.97 Å². The Morgan fingerprint density at radius 2 is 1.75 bits per heavy atom. The van der Waals surface area contributed by atoms with Gasteiger partial charge < -0.3 is 15.2 Å². The molecule has 0 spiro atoms. The van der Waals surface area contributed by atoms with Crippen LogP contribution in [0.4, 0.5) is 13.2 Å². The van der Waals surface area contributed by atoms with Crippen molar-refractivity contribution in [1.82, 2.24) is 5.32 Å². The summed E-state index contributed by atoms with van der Waals surface area (Å²) in [5.74, 6) is -0.502. The van der Waals surface area contributed by atoms with Crippen molar-refractivity contribution in [3.05, 3.63) is 59.7 Å². The van der Waals surface area contributed by atoms with Gasteiger partial charge in [0.25, 0.3) is 0 Å². The number of rotatable bonds is 9. The number of carboxylic acid groups (broad SMARTS) is 1. The van der Waals surface area contributed by atoms with Crippen LogP contribution in [0.25, 0.3) is 0 Å². The second-order valence-electron chi connectivity index (χ2n) is 7.07. The summed E-state index contributed by atoms with van der Waals surface area (Å²) in [6, 6.07) is 11.6. The average Bonchev–Trinajstić information content (AvgIpc) is 2.60. The van der Waals surface area contributed by atoms with Crippen molar-refractivity contribution in [3.63, 3.8) is 0 Å². The van der Waals surface area contributed by atoms with Gasteiger partial charge in [0.2, 0.25) is 0 Å². The van der Waals surface area contributed by atoms with Crippen molar-refractivity contribution in [2.24, 2.45) is 11.8 Å². The maximum absolute atomic E-state index is 12.8. The van der Waals surface area contributed by atoms with Gasteiger partial charge in [-0.3, -0.25) is 4.79 Å². The average molecular weight is 395 g/mol. The second kappa shape index (κ2) is 9.59. The summed E-state index contributed by atoms with van der Waals surface area (Å²) >= 11 is 0. The molecule has 28 heavy (non-hydrogen) atoms. The first-order valence-corrected chi connectivity index (χ1v) is 9.02. The Morgan fingerprint density at radius 3 is 2.36 bits per heavy atom. The SMILES string of the molecule is CC(C)CC(CNCc1cccc(Oc2cccc(C(F)(F)F)c2)c1)C(=O)O. The Hall–Kier alpha value is -2.54. The maximum atomic E-state index is 12.8. The third-order valence-electron chi connectivity index (χ3n) is 4.12. The Morgan fingerprint density at radius 1 is 1.11 bits per heavy atom. The van der Waals surface area contributed by atoms with Crippen LogP contribution in [0.1, 0.15) is 31.4 Å². The molecule has 1 atom stereocenters. The number of hydrogen-bond donors (Lipinski definition) is 2. The van der Waals surface area contributed by atoms with Crippen LogP contribution in [0.15, 0.2) is 48.5 Å². The molecule has 2 N–H and O–H groups in total. The highest BCUT2D eigenvalue weighted by Crippen LogP contribution is 2.32. The summed E-state index contributed by atoms with van der Waals surface area (Å²) in [6.07, 6.45) is -3.84. The first-order valence-electron chi connectivity index (χ1n) is 9.02. The molecule has 0 aliphatic rings. The summed E-state index contributed by atoms with van der Waals surface area (Å²) in [4.78, 5) is 11.3. The molecule has 0 fully saturated rings. The third kappa shape index (κ3) is 6.88. The van der Waals surface area contributed by atoms with E-state index in [1.807, 2.05) is 19.9 Å². The molecule has 0 bridgehead atoms. The molecule has 0 aromatic heterocycles. The van der Waals surface area contributed by atoms with E-state index in [9.17, 15) is 23.1 Å². The van der Waals surface area contributed by atoms with Gasteiger partial charge >= 0.3 is 12.1 Å². The van der Waals surface area contributed by atoms with Crippen LogP contribution in [0.2, 0.25) is 0 Å². The lowest BCUT2D eigenvalue weighted by Crippen LogP contribution is -2.29. The number of halogens is 3. The van der Waals surface area contributed by atoms with E-state index < -0.39 is 23.6 Å². The summed E-state index contributed by atoms with van der Waals surface area (Å²) in [5.41, 5.74) is 0.0749. The van der Waals surface area contributed by atoms with Gasteiger partial charge in [-0.15, -0.1) is 0 Å². The summed E-state index contributed by atoms with van der Waals surface area (Å²) < 4.78 is 44.0. The van der Waals surface area contributed by atoms with Gasteiger partial charge in [0.15, 0.2) is 0 Å². The first kappa shape index (κ1) is 21.8. The Kier molecular flexibility index (Phi) is 7.45. The number of hydrogen-bond acceptors (Lipinski definition) is 3. The molecule has 0 heterocycles. The van der Waals surface area contributed by atoms with E-state index in [4.69, 9.17) is 4.74 Å². The van der Waals surface area contributed by atoms with Gasteiger partial charge in [-0.1, -0.05) is 32.0 Å². The van der Waals surface area contributed by atoms with Crippen LogP contribution in [0.3, 0.4) is 0 Å². The lowest BCUT2D eigenvalue weighted by molar-refractivity contribution is -0.142. The quantitative estimate of drug-likeness (QED) is 0.602. The smallest absolute Gasteiger partial charge is 0.416 e. The van der Waals surface area contributed by atoms with Gasteiger partial charge in [0.1, 0.15) is 11.5 Å². The van der Waals surface area contributed by atoms with Crippen LogP contribution in [0.5, 0.6) is 11.5 Å². The molecule has 152 valence electrons. The number of carbonyl (C=O) groups is 1. The molecular formula is C21H24F3NO3. The van der Waals surface area contributed by atoms with E-state index in [-0.39, 0.29) is 11.7 Å². The number of aliphatic carboxylic acids is 1. The molecule has 0 amide bonds. The highest BCUT2D eigenvalue weighted by atomic mass is 19.4. The van der Waals surface area contributed by atoms with E-state index in [0.29, 0.717) is 25.3 Å². The van der Waals surface area contributed by atoms with Crippen LogP contribution in [-0.2, 0) is 17.5 Å². The molecule has 7 heteroatoms. The van der Waals surface area contributed by atoms with Gasteiger partial charge in [-0.25, -0.2) is 0 Å². The molecule has 0 saturated carbocycles. The van der Waals surface area contributed by atoms with Gasteiger partial charge in [-0.2, -0.15) is 13.2 Å². The molecule has 2 aromatic rings.